The summed E-state index contributed by atoms with van der Waals surface area (Å²) in [5.74, 6) is 3.02. The fourth-order valence-electron chi connectivity index (χ4n) is 2.13. The van der Waals surface area contributed by atoms with E-state index in [9.17, 15) is 0 Å². The molecular formula is C19H20N2O3S. The van der Waals surface area contributed by atoms with Gasteiger partial charge in [-0.25, -0.2) is 0 Å². The minimum absolute atomic E-state index is 0.272. The van der Waals surface area contributed by atoms with E-state index in [2.05, 4.69) is 10.2 Å². The van der Waals surface area contributed by atoms with Gasteiger partial charge in [0.2, 0.25) is 0 Å². The van der Waals surface area contributed by atoms with Gasteiger partial charge in [0.05, 0.1) is 6.61 Å². The number of aryl methyl sites for hydroxylation is 1. The molecule has 25 heavy (non-hydrogen) atoms. The molecule has 0 N–H and O–H groups in total. The Kier molecular flexibility index (Phi) is 6.34. The average molecular weight is 356 g/mol. The summed E-state index contributed by atoms with van der Waals surface area (Å²) < 4.78 is 16.9. The molecule has 0 aliphatic carbocycles. The van der Waals surface area contributed by atoms with Gasteiger partial charge in [-0.05, 0) is 43.2 Å². The van der Waals surface area contributed by atoms with Crippen molar-refractivity contribution in [2.45, 2.75) is 25.2 Å². The van der Waals surface area contributed by atoms with Gasteiger partial charge < -0.3 is 13.9 Å². The first-order chi connectivity index (χ1) is 12.3. The number of nitrogens with zero attached hydrogens (tertiary/aromatic N) is 2. The topological polar surface area (TPSA) is 57.4 Å². The highest BCUT2D eigenvalue weighted by molar-refractivity contribution is 7.99. The predicted molar refractivity (Wildman–Crippen MR) is 97.1 cm³/mol. The van der Waals surface area contributed by atoms with Crippen LogP contribution in [-0.4, -0.2) is 22.6 Å². The molecule has 0 saturated carbocycles. The molecule has 0 atom stereocenters. The molecule has 1 aromatic heterocycles. The van der Waals surface area contributed by atoms with Crippen LogP contribution in [0.5, 0.6) is 11.5 Å². The summed E-state index contributed by atoms with van der Waals surface area (Å²) in [7, 11) is 0. The van der Waals surface area contributed by atoms with Crippen LogP contribution >= 0.6 is 11.8 Å². The van der Waals surface area contributed by atoms with Gasteiger partial charge in [0, 0.05) is 5.75 Å². The van der Waals surface area contributed by atoms with Crippen molar-refractivity contribution in [1.82, 2.24) is 10.2 Å². The summed E-state index contributed by atoms with van der Waals surface area (Å²) in [5, 5.41) is 8.59. The second-order valence-electron chi connectivity index (χ2n) is 5.43. The van der Waals surface area contributed by atoms with Crippen molar-refractivity contribution < 1.29 is 13.9 Å². The lowest BCUT2D eigenvalue weighted by Crippen LogP contribution is -1.98. The first kappa shape index (κ1) is 17.4. The Labute approximate surface area is 151 Å². The van der Waals surface area contributed by atoms with E-state index in [1.54, 1.807) is 0 Å². The standard InChI is InChI=1S/C19H20N2O3S/c1-15-7-5-10-17(13-15)23-14-18-20-21-19(24-18)25-12-6-11-22-16-8-3-2-4-9-16/h2-5,7-10,13H,6,11-12,14H2,1H3. The molecule has 0 aliphatic rings. The Bertz CT molecular complexity index is 777. The van der Waals surface area contributed by atoms with E-state index in [1.807, 2.05) is 61.5 Å². The van der Waals surface area contributed by atoms with Gasteiger partial charge in [-0.15, -0.1) is 10.2 Å². The SMILES string of the molecule is Cc1cccc(OCc2nnc(SCCCOc3ccccc3)o2)c1. The fourth-order valence-corrected chi connectivity index (χ4v) is 2.82. The maximum atomic E-state index is 5.65. The van der Waals surface area contributed by atoms with Gasteiger partial charge in [0.1, 0.15) is 11.5 Å². The summed E-state index contributed by atoms with van der Waals surface area (Å²) in [5.41, 5.74) is 1.15. The lowest BCUT2D eigenvalue weighted by atomic mass is 10.2. The molecule has 0 fully saturated rings. The van der Waals surface area contributed by atoms with Gasteiger partial charge in [0.15, 0.2) is 6.61 Å². The van der Waals surface area contributed by atoms with Crippen molar-refractivity contribution in [3.8, 4) is 11.5 Å². The number of rotatable bonds is 9. The lowest BCUT2D eigenvalue weighted by molar-refractivity contribution is 0.252. The Morgan fingerprint density at radius 2 is 1.80 bits per heavy atom. The molecule has 5 nitrogen and oxygen atoms in total. The van der Waals surface area contributed by atoms with Crippen molar-refractivity contribution >= 4 is 11.8 Å². The molecule has 0 aliphatic heterocycles. The van der Waals surface area contributed by atoms with Crippen LogP contribution < -0.4 is 9.47 Å². The highest BCUT2D eigenvalue weighted by atomic mass is 32.2. The zero-order valence-electron chi connectivity index (χ0n) is 14.1. The maximum absolute atomic E-state index is 5.65. The van der Waals surface area contributed by atoms with Crippen LogP contribution in [0.25, 0.3) is 0 Å². The molecule has 0 bridgehead atoms. The highest BCUT2D eigenvalue weighted by Gasteiger charge is 2.07. The zero-order chi connectivity index (χ0) is 17.3. The molecule has 6 heteroatoms. The second kappa shape index (κ2) is 9.13. The Hall–Kier alpha value is -2.47. The van der Waals surface area contributed by atoms with Crippen molar-refractivity contribution in [1.29, 1.82) is 0 Å². The molecule has 3 rings (SSSR count). The largest absolute Gasteiger partial charge is 0.494 e. The second-order valence-corrected chi connectivity index (χ2v) is 6.48. The molecular weight excluding hydrogens is 336 g/mol. The molecule has 0 radical (unpaired) electrons. The summed E-state index contributed by atoms with van der Waals surface area (Å²) >= 11 is 1.52. The van der Waals surface area contributed by atoms with Gasteiger partial charge >= 0.3 is 0 Å². The highest BCUT2D eigenvalue weighted by Crippen LogP contribution is 2.19. The molecule has 130 valence electrons. The first-order valence-corrected chi connectivity index (χ1v) is 9.11. The molecule has 0 unspecified atom stereocenters. The maximum Gasteiger partial charge on any atom is 0.276 e. The van der Waals surface area contributed by atoms with E-state index >= 15 is 0 Å². The first-order valence-electron chi connectivity index (χ1n) is 8.12. The minimum atomic E-state index is 0.272. The third kappa shape index (κ3) is 5.83. The van der Waals surface area contributed by atoms with Crippen LogP contribution in [0, 0.1) is 6.92 Å². The summed E-state index contributed by atoms with van der Waals surface area (Å²) in [6, 6.07) is 17.7. The number of hydrogen-bond donors (Lipinski definition) is 0. The van der Waals surface area contributed by atoms with E-state index in [0.717, 1.165) is 29.2 Å². The van der Waals surface area contributed by atoms with E-state index in [-0.39, 0.29) is 6.61 Å². The molecule has 0 saturated heterocycles. The van der Waals surface area contributed by atoms with E-state index in [0.29, 0.717) is 17.7 Å². The summed E-state index contributed by atoms with van der Waals surface area (Å²) in [4.78, 5) is 0. The van der Waals surface area contributed by atoms with Crippen LogP contribution in [0.4, 0.5) is 0 Å². The monoisotopic (exact) mass is 356 g/mol. The molecule has 0 amide bonds. The summed E-state index contributed by atoms with van der Waals surface area (Å²) in [6.45, 7) is 2.96. The number of hydrogen-bond acceptors (Lipinski definition) is 6. The number of thioether (sulfide) groups is 1. The van der Waals surface area contributed by atoms with Gasteiger partial charge in [-0.3, -0.25) is 0 Å². The zero-order valence-corrected chi connectivity index (χ0v) is 14.9. The van der Waals surface area contributed by atoms with Crippen LogP contribution in [0.3, 0.4) is 0 Å². The Morgan fingerprint density at radius 1 is 0.960 bits per heavy atom. The Balaban J connectivity index is 1.35. The van der Waals surface area contributed by atoms with Crippen LogP contribution in [0.15, 0.2) is 64.2 Å². The minimum Gasteiger partial charge on any atom is -0.494 e. The molecule has 1 heterocycles. The van der Waals surface area contributed by atoms with Gasteiger partial charge in [0.25, 0.3) is 11.1 Å². The van der Waals surface area contributed by atoms with Crippen molar-refractivity contribution in [2.75, 3.05) is 12.4 Å². The van der Waals surface area contributed by atoms with Crippen molar-refractivity contribution in [3.05, 3.63) is 66.1 Å². The molecule has 2 aromatic carbocycles. The van der Waals surface area contributed by atoms with E-state index < -0.39 is 0 Å². The van der Waals surface area contributed by atoms with Crippen LogP contribution in [0.2, 0.25) is 0 Å². The van der Waals surface area contributed by atoms with E-state index in [4.69, 9.17) is 13.9 Å². The number of benzene rings is 2. The Morgan fingerprint density at radius 3 is 2.64 bits per heavy atom. The van der Waals surface area contributed by atoms with E-state index in [1.165, 1.54) is 11.8 Å². The fraction of sp³-hybridized carbons (Fsp3) is 0.263. The predicted octanol–water partition coefficient (Wildman–Crippen LogP) is 4.52. The summed E-state index contributed by atoms with van der Waals surface area (Å²) in [6.07, 6.45) is 0.900. The van der Waals surface area contributed by atoms with Crippen molar-refractivity contribution in [3.63, 3.8) is 0 Å². The lowest BCUT2D eigenvalue weighted by Gasteiger charge is -2.04. The quantitative estimate of drug-likeness (QED) is 0.415. The third-order valence-corrected chi connectivity index (χ3v) is 4.23. The number of aromatic nitrogens is 2. The normalized spacial score (nSPS) is 10.6. The van der Waals surface area contributed by atoms with Gasteiger partial charge in [-0.1, -0.05) is 42.1 Å². The number of ether oxygens (including phenoxy) is 2. The number of para-hydroxylation sites is 1. The smallest absolute Gasteiger partial charge is 0.276 e. The molecule has 3 aromatic rings. The van der Waals surface area contributed by atoms with Gasteiger partial charge in [-0.2, -0.15) is 0 Å². The average Bonchev–Trinajstić information content (AvgIpc) is 3.09. The van der Waals surface area contributed by atoms with Crippen LogP contribution in [-0.2, 0) is 6.61 Å². The third-order valence-electron chi connectivity index (χ3n) is 3.33. The van der Waals surface area contributed by atoms with Crippen LogP contribution in [0.1, 0.15) is 17.9 Å². The van der Waals surface area contributed by atoms with Crippen molar-refractivity contribution in [2.24, 2.45) is 0 Å². The molecule has 0 spiro atoms.